The van der Waals surface area contributed by atoms with Crippen LogP contribution >= 0.6 is 0 Å². The molecule has 0 radical (unpaired) electrons. The molecule has 1 atom stereocenters. The van der Waals surface area contributed by atoms with E-state index in [1.165, 1.54) is 38.5 Å². The lowest BCUT2D eigenvalue weighted by Crippen LogP contribution is -2.45. The van der Waals surface area contributed by atoms with Crippen molar-refractivity contribution in [1.82, 2.24) is 5.32 Å². The van der Waals surface area contributed by atoms with Crippen molar-refractivity contribution in [2.45, 2.75) is 5.54 Å². The van der Waals surface area contributed by atoms with Gasteiger partial charge in [0.2, 0.25) is 0 Å². The third-order valence-electron chi connectivity index (χ3n) is 4.44. The summed E-state index contributed by atoms with van der Waals surface area (Å²) in [6.07, 6.45) is 4.55. The molecule has 0 bridgehead atoms. The molecular weight excluding hydrogens is 373 g/mol. The number of hydrogen-bond acceptors (Lipinski definition) is 5. The standard InChI is InChI=1S/C23H18FNO4/c1-28-21(26)15-20(22(27)29-2)23(13-11-16-7-9-18(24)10-8-16)19-6-4-3-5-17(19)12-14-25-23/h3-10,12,14-15,25H,1-2H3/b20-15+. The van der Waals surface area contributed by atoms with Gasteiger partial charge in [0.05, 0.1) is 19.8 Å². The molecule has 1 heterocycles. The van der Waals surface area contributed by atoms with Gasteiger partial charge in [-0.15, -0.1) is 0 Å². The highest BCUT2D eigenvalue weighted by Crippen LogP contribution is 2.36. The second kappa shape index (κ2) is 8.44. The molecule has 2 aromatic carbocycles. The van der Waals surface area contributed by atoms with Gasteiger partial charge < -0.3 is 14.8 Å². The predicted molar refractivity (Wildman–Crippen MR) is 106 cm³/mol. The summed E-state index contributed by atoms with van der Waals surface area (Å²) in [5.74, 6) is 4.19. The van der Waals surface area contributed by atoms with E-state index in [-0.39, 0.29) is 11.4 Å². The fraction of sp³-hybridized carbons (Fsp3) is 0.130. The zero-order valence-electron chi connectivity index (χ0n) is 15.9. The molecular formula is C23H18FNO4. The maximum Gasteiger partial charge on any atom is 0.337 e. The fourth-order valence-corrected chi connectivity index (χ4v) is 3.02. The number of hydrogen-bond donors (Lipinski definition) is 1. The first-order valence-electron chi connectivity index (χ1n) is 8.71. The zero-order valence-corrected chi connectivity index (χ0v) is 15.9. The Morgan fingerprint density at radius 2 is 1.79 bits per heavy atom. The van der Waals surface area contributed by atoms with Crippen LogP contribution in [0.3, 0.4) is 0 Å². The van der Waals surface area contributed by atoms with E-state index in [2.05, 4.69) is 17.2 Å². The number of carbonyl (C=O) groups is 2. The quantitative estimate of drug-likeness (QED) is 0.495. The summed E-state index contributed by atoms with van der Waals surface area (Å²) >= 11 is 0. The Morgan fingerprint density at radius 1 is 1.07 bits per heavy atom. The third-order valence-corrected chi connectivity index (χ3v) is 4.44. The molecule has 29 heavy (non-hydrogen) atoms. The first-order valence-corrected chi connectivity index (χ1v) is 8.71. The second-order valence-corrected chi connectivity index (χ2v) is 6.14. The lowest BCUT2D eigenvalue weighted by atomic mass is 9.78. The van der Waals surface area contributed by atoms with Gasteiger partial charge in [0.1, 0.15) is 5.82 Å². The summed E-state index contributed by atoms with van der Waals surface area (Å²) < 4.78 is 22.9. The average molecular weight is 391 g/mol. The molecule has 5 nitrogen and oxygen atoms in total. The zero-order chi connectivity index (χ0) is 20.9. The highest BCUT2D eigenvalue weighted by molar-refractivity contribution is 6.00. The number of esters is 2. The molecule has 3 rings (SSSR count). The number of halogens is 1. The number of benzene rings is 2. The average Bonchev–Trinajstić information content (AvgIpc) is 2.76. The van der Waals surface area contributed by atoms with E-state index in [0.717, 1.165) is 11.6 Å². The van der Waals surface area contributed by atoms with Gasteiger partial charge in [-0.3, -0.25) is 0 Å². The number of methoxy groups -OCH3 is 2. The van der Waals surface area contributed by atoms with Crippen molar-refractivity contribution in [3.8, 4) is 11.8 Å². The number of carbonyl (C=O) groups excluding carboxylic acids is 2. The molecule has 0 amide bonds. The Bertz CT molecular complexity index is 1060. The van der Waals surface area contributed by atoms with Crippen LogP contribution in [0.5, 0.6) is 0 Å². The molecule has 1 N–H and O–H groups in total. The van der Waals surface area contributed by atoms with Crippen LogP contribution in [0.2, 0.25) is 0 Å². The SMILES string of the molecule is COC(=O)/C=C(\C(=O)OC)C1(C#Cc2ccc(F)cc2)NC=Cc2ccccc21. The van der Waals surface area contributed by atoms with Crippen LogP contribution in [0.1, 0.15) is 16.7 Å². The first kappa shape index (κ1) is 19.9. The minimum absolute atomic E-state index is 0.0294. The van der Waals surface area contributed by atoms with Gasteiger partial charge in [-0.25, -0.2) is 14.0 Å². The maximum absolute atomic E-state index is 13.2. The van der Waals surface area contributed by atoms with Crippen LogP contribution in [0, 0.1) is 17.7 Å². The predicted octanol–water partition coefficient (Wildman–Crippen LogP) is 2.92. The molecule has 1 unspecified atom stereocenters. The number of rotatable bonds is 3. The van der Waals surface area contributed by atoms with Crippen molar-refractivity contribution in [2.24, 2.45) is 0 Å². The molecule has 0 fully saturated rings. The Hall–Kier alpha value is -3.85. The smallest absolute Gasteiger partial charge is 0.337 e. The lowest BCUT2D eigenvalue weighted by Gasteiger charge is -2.34. The number of fused-ring (bicyclic) bond motifs is 1. The van der Waals surface area contributed by atoms with Crippen LogP contribution in [0.15, 0.2) is 66.4 Å². The summed E-state index contributed by atoms with van der Waals surface area (Å²) in [4.78, 5) is 24.7. The minimum atomic E-state index is -1.37. The van der Waals surface area contributed by atoms with Crippen LogP contribution in [-0.4, -0.2) is 26.2 Å². The Balaban J connectivity index is 2.26. The monoisotopic (exact) mass is 391 g/mol. The van der Waals surface area contributed by atoms with Gasteiger partial charge in [-0.1, -0.05) is 36.1 Å². The van der Waals surface area contributed by atoms with Crippen molar-refractivity contribution >= 4 is 18.0 Å². The van der Waals surface area contributed by atoms with Crippen molar-refractivity contribution in [1.29, 1.82) is 0 Å². The topological polar surface area (TPSA) is 64.6 Å². The van der Waals surface area contributed by atoms with E-state index in [9.17, 15) is 14.0 Å². The minimum Gasteiger partial charge on any atom is -0.466 e. The third kappa shape index (κ3) is 4.04. The molecule has 0 aromatic heterocycles. The summed E-state index contributed by atoms with van der Waals surface area (Å²) in [7, 11) is 2.44. The second-order valence-electron chi connectivity index (χ2n) is 6.14. The van der Waals surface area contributed by atoms with E-state index in [1.54, 1.807) is 18.3 Å². The van der Waals surface area contributed by atoms with Crippen molar-refractivity contribution in [2.75, 3.05) is 14.2 Å². The molecule has 0 saturated heterocycles. The summed E-state index contributed by atoms with van der Waals surface area (Å²) in [5, 5.41) is 3.11. The van der Waals surface area contributed by atoms with Crippen molar-refractivity contribution in [3.05, 3.63) is 88.9 Å². The van der Waals surface area contributed by atoms with Gasteiger partial charge in [-0.2, -0.15) is 0 Å². The van der Waals surface area contributed by atoms with Gasteiger partial charge in [-0.05, 0) is 42.1 Å². The van der Waals surface area contributed by atoms with E-state index < -0.39 is 17.5 Å². The summed E-state index contributed by atoms with van der Waals surface area (Å²) in [5.41, 5.74) is 0.623. The Labute approximate surface area is 167 Å². The molecule has 6 heteroatoms. The number of nitrogens with one attached hydrogen (secondary N) is 1. The first-order chi connectivity index (χ1) is 14.0. The van der Waals surface area contributed by atoms with Crippen molar-refractivity contribution < 1.29 is 23.5 Å². The molecule has 1 aliphatic rings. The highest BCUT2D eigenvalue weighted by atomic mass is 19.1. The number of ether oxygens (including phenoxy) is 2. The fourth-order valence-electron chi connectivity index (χ4n) is 3.02. The van der Waals surface area contributed by atoms with Gasteiger partial charge in [0.25, 0.3) is 0 Å². The molecule has 0 saturated carbocycles. The normalized spacial score (nSPS) is 17.3. The molecule has 146 valence electrons. The maximum atomic E-state index is 13.2. The van der Waals surface area contributed by atoms with Crippen molar-refractivity contribution in [3.63, 3.8) is 0 Å². The van der Waals surface area contributed by atoms with E-state index in [0.29, 0.717) is 11.1 Å². The van der Waals surface area contributed by atoms with Crippen LogP contribution < -0.4 is 5.32 Å². The van der Waals surface area contributed by atoms with Gasteiger partial charge in [0, 0.05) is 17.2 Å². The molecule has 0 aliphatic carbocycles. The van der Waals surface area contributed by atoms with Gasteiger partial charge >= 0.3 is 11.9 Å². The summed E-state index contributed by atoms with van der Waals surface area (Å²) in [6.45, 7) is 0. The molecule has 1 aliphatic heterocycles. The molecule has 0 spiro atoms. The van der Waals surface area contributed by atoms with Crippen LogP contribution in [-0.2, 0) is 24.6 Å². The Morgan fingerprint density at radius 3 is 2.48 bits per heavy atom. The lowest BCUT2D eigenvalue weighted by molar-refractivity contribution is -0.139. The Kier molecular flexibility index (Phi) is 5.79. The molecule has 2 aromatic rings. The van der Waals surface area contributed by atoms with E-state index in [4.69, 9.17) is 9.47 Å². The van der Waals surface area contributed by atoms with Crippen LogP contribution in [0.25, 0.3) is 6.08 Å². The van der Waals surface area contributed by atoms with E-state index >= 15 is 0 Å². The highest BCUT2D eigenvalue weighted by Gasteiger charge is 2.42. The van der Waals surface area contributed by atoms with Gasteiger partial charge in [0.15, 0.2) is 5.54 Å². The largest absolute Gasteiger partial charge is 0.466 e. The van der Waals surface area contributed by atoms with E-state index in [1.807, 2.05) is 18.2 Å². The van der Waals surface area contributed by atoms with Crippen LogP contribution in [0.4, 0.5) is 4.39 Å². The summed E-state index contributed by atoms with van der Waals surface area (Å²) in [6, 6.07) is 13.0.